The predicted octanol–water partition coefficient (Wildman–Crippen LogP) is 3.48. The molecule has 1 aliphatic heterocycles. The molecule has 1 fully saturated rings. The minimum absolute atomic E-state index is 0.0170. The van der Waals surface area contributed by atoms with Gasteiger partial charge in [-0.1, -0.05) is 26.8 Å². The molecule has 3 rings (SSSR count). The molecule has 0 bridgehead atoms. The molecule has 0 saturated carbocycles. The number of aryl methyl sites for hydroxylation is 1. The molecule has 1 aliphatic rings. The monoisotopic (exact) mass is 327 g/mol. The number of carbonyl (C=O) groups is 1. The first-order valence-electron chi connectivity index (χ1n) is 8.33. The van der Waals surface area contributed by atoms with Crippen LogP contribution in [-0.2, 0) is 10.2 Å². The smallest absolute Gasteiger partial charge is 0.251 e. The number of ether oxygens (including phenoxy) is 1. The lowest BCUT2D eigenvalue weighted by atomic mass is 9.93. The van der Waals surface area contributed by atoms with E-state index in [1.807, 2.05) is 47.0 Å². The summed E-state index contributed by atoms with van der Waals surface area (Å²) >= 11 is 0. The summed E-state index contributed by atoms with van der Waals surface area (Å²) in [5, 5.41) is 4.63. The van der Waals surface area contributed by atoms with Gasteiger partial charge in [0.1, 0.15) is 11.8 Å². The van der Waals surface area contributed by atoms with Crippen LogP contribution in [0.4, 0.5) is 5.69 Å². The Labute approximate surface area is 143 Å². The Morgan fingerprint density at radius 3 is 2.62 bits per heavy atom. The van der Waals surface area contributed by atoms with Crippen LogP contribution in [0.2, 0.25) is 0 Å². The predicted molar refractivity (Wildman–Crippen MR) is 94.7 cm³/mol. The van der Waals surface area contributed by atoms with Crippen molar-refractivity contribution >= 4 is 11.6 Å². The Balaban J connectivity index is 1.84. The average Bonchev–Trinajstić information content (AvgIpc) is 3.14. The quantitative estimate of drug-likeness (QED) is 0.867. The highest BCUT2D eigenvalue weighted by molar-refractivity contribution is 5.98. The number of methoxy groups -OCH3 is 1. The van der Waals surface area contributed by atoms with Crippen molar-refractivity contribution in [2.75, 3.05) is 18.6 Å². The Morgan fingerprint density at radius 2 is 2.00 bits per heavy atom. The number of aromatic nitrogens is 2. The van der Waals surface area contributed by atoms with Crippen molar-refractivity contribution in [1.82, 2.24) is 9.78 Å². The zero-order valence-electron chi connectivity index (χ0n) is 15.0. The van der Waals surface area contributed by atoms with Crippen LogP contribution in [0.3, 0.4) is 0 Å². The number of nitrogens with zero attached hydrogens (tertiary/aromatic N) is 3. The molecule has 0 radical (unpaired) electrons. The first-order valence-corrected chi connectivity index (χ1v) is 8.33. The third kappa shape index (κ3) is 2.90. The summed E-state index contributed by atoms with van der Waals surface area (Å²) in [5.41, 5.74) is 2.93. The maximum Gasteiger partial charge on any atom is 0.251 e. The van der Waals surface area contributed by atoms with Gasteiger partial charge in [0.2, 0.25) is 0 Å². The lowest BCUT2D eigenvalue weighted by Gasteiger charge is -2.19. The Hall–Kier alpha value is -2.30. The fourth-order valence-electron chi connectivity index (χ4n) is 3.05. The Morgan fingerprint density at radius 1 is 1.25 bits per heavy atom. The van der Waals surface area contributed by atoms with Crippen molar-refractivity contribution in [3.05, 3.63) is 41.7 Å². The second kappa shape index (κ2) is 5.96. The summed E-state index contributed by atoms with van der Waals surface area (Å²) in [5.74, 6) is 0.891. The number of anilines is 1. The van der Waals surface area contributed by atoms with Crippen molar-refractivity contribution in [2.24, 2.45) is 0 Å². The van der Waals surface area contributed by atoms with Crippen LogP contribution in [-0.4, -0.2) is 29.3 Å². The standard InChI is InChI=1S/C19H25N3O2/c1-13-6-7-14(12-16(13)24-5)21-10-8-15(18(21)23)22-11-9-17(20-22)19(2,3)4/h6-7,9,11-12,15H,8,10H2,1-5H3. The molecule has 1 aromatic carbocycles. The van der Waals surface area contributed by atoms with Crippen LogP contribution in [0.5, 0.6) is 5.75 Å². The van der Waals surface area contributed by atoms with Crippen molar-refractivity contribution in [3.8, 4) is 5.75 Å². The van der Waals surface area contributed by atoms with Crippen LogP contribution >= 0.6 is 0 Å². The van der Waals surface area contributed by atoms with Crippen molar-refractivity contribution in [3.63, 3.8) is 0 Å². The molecular formula is C19H25N3O2. The largest absolute Gasteiger partial charge is 0.496 e. The SMILES string of the molecule is COc1cc(N2CCC(n3ccc(C(C)(C)C)n3)C2=O)ccc1C. The van der Waals surface area contributed by atoms with Gasteiger partial charge in [-0.15, -0.1) is 0 Å². The summed E-state index contributed by atoms with van der Waals surface area (Å²) in [4.78, 5) is 14.7. The van der Waals surface area contributed by atoms with Crippen LogP contribution in [0.1, 0.15) is 44.5 Å². The van der Waals surface area contributed by atoms with Crippen LogP contribution < -0.4 is 9.64 Å². The van der Waals surface area contributed by atoms with Gasteiger partial charge < -0.3 is 9.64 Å². The number of carbonyl (C=O) groups excluding carboxylic acids is 1. The summed E-state index contributed by atoms with van der Waals surface area (Å²) in [6.45, 7) is 9.07. The van der Waals surface area contributed by atoms with E-state index < -0.39 is 0 Å². The number of hydrogen-bond donors (Lipinski definition) is 0. The fourth-order valence-corrected chi connectivity index (χ4v) is 3.05. The van der Waals surface area contributed by atoms with Gasteiger partial charge in [0, 0.05) is 29.9 Å². The molecule has 1 aromatic heterocycles. The molecule has 1 atom stereocenters. The number of benzene rings is 1. The van der Waals surface area contributed by atoms with E-state index in [-0.39, 0.29) is 17.4 Å². The Kier molecular flexibility index (Phi) is 4.11. The van der Waals surface area contributed by atoms with Gasteiger partial charge in [-0.2, -0.15) is 5.10 Å². The summed E-state index contributed by atoms with van der Waals surface area (Å²) in [6, 6.07) is 7.67. The maximum atomic E-state index is 12.9. The second-order valence-electron chi connectivity index (χ2n) is 7.38. The van der Waals surface area contributed by atoms with Gasteiger partial charge in [-0.25, -0.2) is 0 Å². The van der Waals surface area contributed by atoms with E-state index in [1.165, 1.54) is 0 Å². The molecule has 1 unspecified atom stereocenters. The van der Waals surface area contributed by atoms with Gasteiger partial charge in [-0.3, -0.25) is 9.48 Å². The van der Waals surface area contributed by atoms with Gasteiger partial charge in [0.25, 0.3) is 5.91 Å². The molecule has 0 spiro atoms. The van der Waals surface area contributed by atoms with E-state index in [4.69, 9.17) is 4.74 Å². The molecule has 1 amide bonds. The van der Waals surface area contributed by atoms with E-state index in [1.54, 1.807) is 7.11 Å². The Bertz CT molecular complexity index is 758. The molecule has 2 heterocycles. The van der Waals surface area contributed by atoms with Gasteiger partial charge in [0.15, 0.2) is 0 Å². The second-order valence-corrected chi connectivity index (χ2v) is 7.38. The molecule has 0 aliphatic carbocycles. The molecule has 5 nitrogen and oxygen atoms in total. The van der Waals surface area contributed by atoms with Gasteiger partial charge in [0.05, 0.1) is 12.8 Å². The number of amides is 1. The molecule has 1 saturated heterocycles. The maximum absolute atomic E-state index is 12.9. The molecule has 5 heteroatoms. The molecule has 2 aromatic rings. The van der Waals surface area contributed by atoms with Crippen molar-refractivity contribution < 1.29 is 9.53 Å². The van der Waals surface area contributed by atoms with Crippen molar-refractivity contribution in [2.45, 2.75) is 45.6 Å². The normalized spacial score (nSPS) is 18.3. The zero-order chi connectivity index (χ0) is 17.5. The zero-order valence-corrected chi connectivity index (χ0v) is 15.0. The highest BCUT2D eigenvalue weighted by atomic mass is 16.5. The summed E-state index contributed by atoms with van der Waals surface area (Å²) in [6.07, 6.45) is 2.68. The third-order valence-electron chi connectivity index (χ3n) is 4.58. The summed E-state index contributed by atoms with van der Waals surface area (Å²) < 4.78 is 7.19. The highest BCUT2D eigenvalue weighted by Crippen LogP contribution is 2.32. The van der Waals surface area contributed by atoms with Gasteiger partial charge in [-0.05, 0) is 31.0 Å². The lowest BCUT2D eigenvalue weighted by molar-refractivity contribution is -0.120. The van der Waals surface area contributed by atoms with Gasteiger partial charge >= 0.3 is 0 Å². The first-order chi connectivity index (χ1) is 11.3. The molecular weight excluding hydrogens is 302 g/mol. The number of hydrogen-bond acceptors (Lipinski definition) is 3. The van der Waals surface area contributed by atoms with Crippen LogP contribution in [0.15, 0.2) is 30.5 Å². The molecule has 128 valence electrons. The highest BCUT2D eigenvalue weighted by Gasteiger charge is 2.35. The van der Waals surface area contributed by atoms with E-state index in [2.05, 4.69) is 25.9 Å². The molecule has 24 heavy (non-hydrogen) atoms. The van der Waals surface area contributed by atoms with E-state index in [0.717, 1.165) is 29.1 Å². The number of rotatable bonds is 3. The van der Waals surface area contributed by atoms with E-state index >= 15 is 0 Å². The minimum Gasteiger partial charge on any atom is -0.496 e. The minimum atomic E-state index is -0.228. The molecule has 0 N–H and O–H groups in total. The third-order valence-corrected chi connectivity index (χ3v) is 4.58. The lowest BCUT2D eigenvalue weighted by Crippen LogP contribution is -2.28. The summed E-state index contributed by atoms with van der Waals surface area (Å²) in [7, 11) is 1.65. The van der Waals surface area contributed by atoms with Crippen molar-refractivity contribution in [1.29, 1.82) is 0 Å². The van der Waals surface area contributed by atoms with E-state index in [9.17, 15) is 4.79 Å². The van der Waals surface area contributed by atoms with E-state index in [0.29, 0.717) is 6.54 Å². The topological polar surface area (TPSA) is 47.4 Å². The van der Waals surface area contributed by atoms with Crippen LogP contribution in [0.25, 0.3) is 0 Å². The van der Waals surface area contributed by atoms with Crippen LogP contribution in [0, 0.1) is 6.92 Å². The average molecular weight is 327 g/mol. The first kappa shape index (κ1) is 16.6. The fraction of sp³-hybridized carbons (Fsp3) is 0.474.